The Morgan fingerprint density at radius 1 is 1.08 bits per heavy atom. The van der Waals surface area contributed by atoms with Gasteiger partial charge in [-0.1, -0.05) is 31.7 Å². The van der Waals surface area contributed by atoms with E-state index < -0.39 is 0 Å². The van der Waals surface area contributed by atoms with Gasteiger partial charge in [0, 0.05) is 30.9 Å². The highest BCUT2D eigenvalue weighted by Gasteiger charge is 2.25. The van der Waals surface area contributed by atoms with E-state index in [0.29, 0.717) is 23.9 Å². The first-order chi connectivity index (χ1) is 12.1. The number of ether oxygens (including phenoxy) is 1. The minimum Gasteiger partial charge on any atom is -0.368 e. The Labute approximate surface area is 149 Å². The second kappa shape index (κ2) is 8.48. The number of carbonyl (C=O) groups excluding carboxylic acids is 2. The highest BCUT2D eigenvalue weighted by atomic mass is 16.5. The molecule has 3 rings (SSSR count). The average molecular weight is 344 g/mol. The first-order valence-electron chi connectivity index (χ1n) is 9.45. The highest BCUT2D eigenvalue weighted by molar-refractivity contribution is 5.98. The number of carbonyl (C=O) groups is 2. The van der Waals surface area contributed by atoms with Crippen molar-refractivity contribution < 1.29 is 14.3 Å². The van der Waals surface area contributed by atoms with E-state index in [-0.39, 0.29) is 17.9 Å². The summed E-state index contributed by atoms with van der Waals surface area (Å²) in [6.45, 7) is 0.642. The lowest BCUT2D eigenvalue weighted by Gasteiger charge is -2.27. The molecule has 1 N–H and O–H groups in total. The first-order valence-corrected chi connectivity index (χ1v) is 9.45. The molecule has 136 valence electrons. The van der Waals surface area contributed by atoms with Crippen LogP contribution >= 0.6 is 0 Å². The normalized spacial score (nSPS) is 21.6. The molecule has 1 saturated carbocycles. The Bertz CT molecular complexity index is 603. The molecular weight excluding hydrogens is 316 g/mol. The maximum absolute atomic E-state index is 12.8. The zero-order valence-corrected chi connectivity index (χ0v) is 15.0. The summed E-state index contributed by atoms with van der Waals surface area (Å²) in [4.78, 5) is 26.9. The smallest absolute Gasteiger partial charge is 0.253 e. The van der Waals surface area contributed by atoms with E-state index in [1.165, 1.54) is 25.7 Å². The van der Waals surface area contributed by atoms with Gasteiger partial charge in [0.15, 0.2) is 0 Å². The van der Waals surface area contributed by atoms with Crippen LogP contribution < -0.4 is 5.32 Å². The van der Waals surface area contributed by atoms with Gasteiger partial charge < -0.3 is 15.0 Å². The summed E-state index contributed by atoms with van der Waals surface area (Å²) in [7, 11) is 1.90. The Kier molecular flexibility index (Phi) is 6.08. The van der Waals surface area contributed by atoms with Crippen molar-refractivity contribution in [3.63, 3.8) is 0 Å². The number of nitrogens with zero attached hydrogens (tertiary/aromatic N) is 1. The van der Waals surface area contributed by atoms with Gasteiger partial charge in [0.1, 0.15) is 6.10 Å². The van der Waals surface area contributed by atoms with Crippen molar-refractivity contribution in [1.82, 2.24) is 4.90 Å². The predicted octanol–water partition coefficient (Wildman–Crippen LogP) is 3.60. The molecule has 0 aromatic heterocycles. The molecule has 1 aromatic rings. The minimum atomic E-state index is -0.368. The summed E-state index contributed by atoms with van der Waals surface area (Å²) >= 11 is 0. The van der Waals surface area contributed by atoms with Gasteiger partial charge in [0.05, 0.1) is 0 Å². The zero-order valence-electron chi connectivity index (χ0n) is 15.0. The van der Waals surface area contributed by atoms with Gasteiger partial charge >= 0.3 is 0 Å². The molecule has 1 aromatic carbocycles. The largest absolute Gasteiger partial charge is 0.368 e. The molecule has 1 atom stereocenters. The summed E-state index contributed by atoms with van der Waals surface area (Å²) in [5, 5.41) is 2.87. The van der Waals surface area contributed by atoms with Crippen molar-refractivity contribution in [2.45, 2.75) is 63.5 Å². The van der Waals surface area contributed by atoms with E-state index in [4.69, 9.17) is 4.74 Å². The third kappa shape index (κ3) is 4.60. The Morgan fingerprint density at radius 3 is 2.52 bits per heavy atom. The molecule has 1 saturated heterocycles. The third-order valence-corrected chi connectivity index (χ3v) is 5.29. The van der Waals surface area contributed by atoms with Crippen LogP contribution in [-0.2, 0) is 9.53 Å². The van der Waals surface area contributed by atoms with Crippen LogP contribution in [0, 0.1) is 0 Å². The molecule has 2 aliphatic rings. The standard InChI is InChI=1S/C20H28N2O3/c1-22(17-10-4-2-3-5-11-17)20(24)15-8-6-9-16(14-15)21-19(23)18-12-7-13-25-18/h6,8-9,14,17-18H,2-5,7,10-13H2,1H3,(H,21,23)/t18-/m1/s1. The lowest BCUT2D eigenvalue weighted by atomic mass is 10.1. The number of hydrogen-bond acceptors (Lipinski definition) is 3. The van der Waals surface area contributed by atoms with E-state index >= 15 is 0 Å². The summed E-state index contributed by atoms with van der Waals surface area (Å²) in [5.74, 6) is -0.0978. The molecule has 25 heavy (non-hydrogen) atoms. The molecule has 2 amide bonds. The fourth-order valence-corrected chi connectivity index (χ4v) is 3.75. The lowest BCUT2D eigenvalue weighted by molar-refractivity contribution is -0.124. The van der Waals surface area contributed by atoms with Gasteiger partial charge in [-0.3, -0.25) is 9.59 Å². The summed E-state index contributed by atoms with van der Waals surface area (Å²) in [6, 6.07) is 7.54. The van der Waals surface area contributed by atoms with Crippen LogP contribution in [0.3, 0.4) is 0 Å². The van der Waals surface area contributed by atoms with Crippen molar-refractivity contribution in [3.05, 3.63) is 29.8 Å². The SMILES string of the molecule is CN(C(=O)c1cccc(NC(=O)[C@H]2CCCO2)c1)C1CCCCCC1. The Hall–Kier alpha value is -1.88. The zero-order chi connectivity index (χ0) is 17.6. The van der Waals surface area contributed by atoms with Gasteiger partial charge in [-0.15, -0.1) is 0 Å². The second-order valence-electron chi connectivity index (χ2n) is 7.13. The van der Waals surface area contributed by atoms with Crippen molar-refractivity contribution in [3.8, 4) is 0 Å². The van der Waals surface area contributed by atoms with Crippen LogP contribution in [-0.4, -0.2) is 42.5 Å². The van der Waals surface area contributed by atoms with Crippen LogP contribution in [0.1, 0.15) is 61.7 Å². The summed E-state index contributed by atoms with van der Waals surface area (Å²) in [6.07, 6.45) is 8.40. The van der Waals surface area contributed by atoms with Crippen LogP contribution in [0.4, 0.5) is 5.69 Å². The fraction of sp³-hybridized carbons (Fsp3) is 0.600. The van der Waals surface area contributed by atoms with E-state index in [9.17, 15) is 9.59 Å². The molecule has 0 spiro atoms. The molecule has 5 nitrogen and oxygen atoms in total. The van der Waals surface area contributed by atoms with E-state index in [1.54, 1.807) is 6.07 Å². The number of rotatable bonds is 4. The first kappa shape index (κ1) is 17.9. The molecule has 0 bridgehead atoms. The number of anilines is 1. The van der Waals surface area contributed by atoms with Crippen molar-refractivity contribution in [1.29, 1.82) is 0 Å². The van der Waals surface area contributed by atoms with Gasteiger partial charge in [-0.2, -0.15) is 0 Å². The number of benzene rings is 1. The molecule has 1 aliphatic carbocycles. The summed E-state index contributed by atoms with van der Waals surface area (Å²) in [5.41, 5.74) is 1.28. The van der Waals surface area contributed by atoms with Crippen LogP contribution in [0.25, 0.3) is 0 Å². The van der Waals surface area contributed by atoms with Gasteiger partial charge in [-0.25, -0.2) is 0 Å². The molecular formula is C20H28N2O3. The second-order valence-corrected chi connectivity index (χ2v) is 7.13. The van der Waals surface area contributed by atoms with Crippen LogP contribution in [0.15, 0.2) is 24.3 Å². The van der Waals surface area contributed by atoms with Crippen LogP contribution in [0.5, 0.6) is 0 Å². The number of amides is 2. The lowest BCUT2D eigenvalue weighted by Crippen LogP contribution is -2.36. The van der Waals surface area contributed by atoms with Crippen molar-refractivity contribution in [2.24, 2.45) is 0 Å². The molecule has 0 radical (unpaired) electrons. The number of nitrogens with one attached hydrogen (secondary N) is 1. The molecule has 0 unspecified atom stereocenters. The average Bonchev–Trinajstić information content (AvgIpc) is 3.04. The van der Waals surface area contributed by atoms with E-state index in [2.05, 4.69) is 5.32 Å². The Morgan fingerprint density at radius 2 is 1.84 bits per heavy atom. The van der Waals surface area contributed by atoms with E-state index in [1.807, 2.05) is 30.1 Å². The fourth-order valence-electron chi connectivity index (χ4n) is 3.75. The monoisotopic (exact) mass is 344 g/mol. The highest BCUT2D eigenvalue weighted by Crippen LogP contribution is 2.23. The third-order valence-electron chi connectivity index (χ3n) is 5.29. The number of hydrogen-bond donors (Lipinski definition) is 1. The molecule has 2 fully saturated rings. The quantitative estimate of drug-likeness (QED) is 0.849. The summed E-state index contributed by atoms with van der Waals surface area (Å²) < 4.78 is 5.41. The van der Waals surface area contributed by atoms with Crippen molar-refractivity contribution in [2.75, 3.05) is 19.0 Å². The van der Waals surface area contributed by atoms with Crippen LogP contribution in [0.2, 0.25) is 0 Å². The van der Waals surface area contributed by atoms with E-state index in [0.717, 1.165) is 25.7 Å². The van der Waals surface area contributed by atoms with Gasteiger partial charge in [0.2, 0.25) is 0 Å². The Balaban J connectivity index is 1.65. The van der Waals surface area contributed by atoms with Gasteiger partial charge in [0.25, 0.3) is 11.8 Å². The predicted molar refractivity (Wildman–Crippen MR) is 97.6 cm³/mol. The molecule has 1 aliphatic heterocycles. The maximum Gasteiger partial charge on any atom is 0.253 e. The molecule has 5 heteroatoms. The molecule has 1 heterocycles. The van der Waals surface area contributed by atoms with Crippen molar-refractivity contribution >= 4 is 17.5 Å². The van der Waals surface area contributed by atoms with Gasteiger partial charge in [-0.05, 0) is 43.9 Å². The topological polar surface area (TPSA) is 58.6 Å². The minimum absolute atomic E-state index is 0.0279. The maximum atomic E-state index is 12.8.